The van der Waals surface area contributed by atoms with Gasteiger partial charge in [0.25, 0.3) is 0 Å². The van der Waals surface area contributed by atoms with Gasteiger partial charge in [-0.3, -0.25) is 10.2 Å². The zero-order valence-electron chi connectivity index (χ0n) is 17.6. The minimum atomic E-state index is -0.413. The Kier molecular flexibility index (Phi) is 11.5. The number of hydrogen-bond donors (Lipinski definition) is 1. The lowest BCUT2D eigenvalue weighted by Crippen LogP contribution is -2.33. The number of amides is 1. The molecule has 1 amide bonds. The lowest BCUT2D eigenvalue weighted by atomic mass is 10.1. The molecule has 0 aromatic heterocycles. The summed E-state index contributed by atoms with van der Waals surface area (Å²) in [4.78, 5) is 14.5. The molecule has 2 rings (SSSR count). The second kappa shape index (κ2) is 14.3. The number of unbranched alkanes of at least 4 members (excludes halogenated alkanes) is 6. The molecule has 5 nitrogen and oxygen atoms in total. The van der Waals surface area contributed by atoms with Gasteiger partial charge in [-0.05, 0) is 44.5 Å². The van der Waals surface area contributed by atoms with E-state index in [1.54, 1.807) is 0 Å². The maximum absolute atomic E-state index is 12.1. The van der Waals surface area contributed by atoms with Crippen molar-refractivity contribution in [1.29, 1.82) is 0 Å². The van der Waals surface area contributed by atoms with Crippen molar-refractivity contribution in [2.75, 3.05) is 38.2 Å². The van der Waals surface area contributed by atoms with Crippen LogP contribution in [0.25, 0.3) is 0 Å². The summed E-state index contributed by atoms with van der Waals surface area (Å²) in [6.07, 6.45) is 12.2. The molecule has 1 aliphatic rings. The monoisotopic (exact) mass is 390 g/mol. The van der Waals surface area contributed by atoms with Crippen molar-refractivity contribution in [3.8, 4) is 5.75 Å². The number of anilines is 1. The van der Waals surface area contributed by atoms with Crippen LogP contribution in [0, 0.1) is 0 Å². The molecule has 1 saturated heterocycles. The van der Waals surface area contributed by atoms with E-state index in [9.17, 15) is 4.79 Å². The van der Waals surface area contributed by atoms with Gasteiger partial charge < -0.3 is 9.47 Å². The van der Waals surface area contributed by atoms with E-state index in [-0.39, 0.29) is 0 Å². The summed E-state index contributed by atoms with van der Waals surface area (Å²) in [5, 5.41) is 2.82. The summed E-state index contributed by atoms with van der Waals surface area (Å²) < 4.78 is 11.2. The Balaban J connectivity index is 1.62. The molecule has 1 aromatic rings. The Bertz CT molecular complexity index is 544. The zero-order valence-corrected chi connectivity index (χ0v) is 17.6. The fraction of sp³-hybridized carbons (Fsp3) is 0.696. The molecule has 0 radical (unpaired) electrons. The van der Waals surface area contributed by atoms with Crippen LogP contribution in [0.4, 0.5) is 10.5 Å². The standard InChI is InChI=1S/C23H38N2O3/c1-2-3-4-5-6-7-13-19-27-22-15-10-9-14-21(22)24-23(26)28-20-18-25-16-11-8-12-17-25/h9-10,14-15H,2-8,11-13,16-20H2,1H3,(H,24,26). The van der Waals surface area contributed by atoms with Crippen LogP contribution in [0.1, 0.15) is 71.1 Å². The van der Waals surface area contributed by atoms with Gasteiger partial charge in [-0.1, -0.05) is 64.0 Å². The van der Waals surface area contributed by atoms with E-state index in [1.165, 1.54) is 57.8 Å². The molecule has 0 aliphatic carbocycles. The van der Waals surface area contributed by atoms with Crippen molar-refractivity contribution in [3.05, 3.63) is 24.3 Å². The Morgan fingerprint density at radius 1 is 0.964 bits per heavy atom. The largest absolute Gasteiger partial charge is 0.491 e. The number of nitrogens with one attached hydrogen (secondary N) is 1. The van der Waals surface area contributed by atoms with E-state index in [0.29, 0.717) is 24.7 Å². The van der Waals surface area contributed by atoms with Crippen molar-refractivity contribution in [2.24, 2.45) is 0 Å². The van der Waals surface area contributed by atoms with Gasteiger partial charge in [0.2, 0.25) is 0 Å². The van der Waals surface area contributed by atoms with Gasteiger partial charge in [0.1, 0.15) is 12.4 Å². The number of ether oxygens (including phenoxy) is 2. The van der Waals surface area contributed by atoms with E-state index < -0.39 is 6.09 Å². The van der Waals surface area contributed by atoms with Crippen LogP contribution in [0.2, 0.25) is 0 Å². The molecule has 0 saturated carbocycles. The average Bonchev–Trinajstić information content (AvgIpc) is 2.72. The Morgan fingerprint density at radius 3 is 2.46 bits per heavy atom. The van der Waals surface area contributed by atoms with Crippen molar-refractivity contribution >= 4 is 11.8 Å². The minimum Gasteiger partial charge on any atom is -0.491 e. The first kappa shape index (κ1) is 22.5. The van der Waals surface area contributed by atoms with Crippen LogP contribution in [-0.2, 0) is 4.74 Å². The third-order valence-corrected chi connectivity index (χ3v) is 5.22. The van der Waals surface area contributed by atoms with Gasteiger partial charge in [-0.2, -0.15) is 0 Å². The summed E-state index contributed by atoms with van der Waals surface area (Å²) in [7, 11) is 0. The number of carbonyl (C=O) groups is 1. The van der Waals surface area contributed by atoms with E-state index >= 15 is 0 Å². The molecule has 28 heavy (non-hydrogen) atoms. The molecule has 5 heteroatoms. The number of hydrogen-bond acceptors (Lipinski definition) is 4. The molecule has 158 valence electrons. The van der Waals surface area contributed by atoms with Gasteiger partial charge >= 0.3 is 6.09 Å². The van der Waals surface area contributed by atoms with Gasteiger partial charge in [-0.25, -0.2) is 4.79 Å². The lowest BCUT2D eigenvalue weighted by Gasteiger charge is -2.25. The molecule has 0 bridgehead atoms. The highest BCUT2D eigenvalue weighted by Crippen LogP contribution is 2.24. The Morgan fingerprint density at radius 2 is 1.68 bits per heavy atom. The third kappa shape index (κ3) is 9.45. The minimum absolute atomic E-state index is 0.413. The first-order chi connectivity index (χ1) is 13.8. The summed E-state index contributed by atoms with van der Waals surface area (Å²) >= 11 is 0. The second-order valence-corrected chi connectivity index (χ2v) is 7.63. The van der Waals surface area contributed by atoms with Gasteiger partial charge in [0.05, 0.1) is 12.3 Å². The van der Waals surface area contributed by atoms with Crippen molar-refractivity contribution in [1.82, 2.24) is 4.90 Å². The van der Waals surface area contributed by atoms with Crippen LogP contribution >= 0.6 is 0 Å². The maximum Gasteiger partial charge on any atom is 0.411 e. The first-order valence-corrected chi connectivity index (χ1v) is 11.2. The molecule has 1 heterocycles. The van der Waals surface area contributed by atoms with Crippen molar-refractivity contribution in [3.63, 3.8) is 0 Å². The highest BCUT2D eigenvalue weighted by Gasteiger charge is 2.12. The van der Waals surface area contributed by atoms with Crippen LogP contribution in [0.5, 0.6) is 5.75 Å². The van der Waals surface area contributed by atoms with Gasteiger partial charge in [0.15, 0.2) is 0 Å². The normalized spacial score (nSPS) is 14.6. The van der Waals surface area contributed by atoms with E-state index in [4.69, 9.17) is 9.47 Å². The highest BCUT2D eigenvalue weighted by molar-refractivity contribution is 5.86. The fourth-order valence-electron chi connectivity index (χ4n) is 3.53. The zero-order chi connectivity index (χ0) is 19.9. The number of carbonyl (C=O) groups excluding carboxylic acids is 1. The topological polar surface area (TPSA) is 50.8 Å². The smallest absolute Gasteiger partial charge is 0.411 e. The summed E-state index contributed by atoms with van der Waals surface area (Å²) in [6, 6.07) is 7.56. The lowest BCUT2D eigenvalue weighted by molar-refractivity contribution is 0.131. The molecule has 0 atom stereocenters. The van der Waals surface area contributed by atoms with Crippen molar-refractivity contribution < 1.29 is 14.3 Å². The molecule has 0 spiro atoms. The number of para-hydroxylation sites is 2. The first-order valence-electron chi connectivity index (χ1n) is 11.2. The van der Waals surface area contributed by atoms with Crippen LogP contribution in [0.3, 0.4) is 0 Å². The van der Waals surface area contributed by atoms with Crippen LogP contribution in [-0.4, -0.2) is 43.8 Å². The Labute approximate surface area is 170 Å². The van der Waals surface area contributed by atoms with E-state index in [2.05, 4.69) is 17.1 Å². The third-order valence-electron chi connectivity index (χ3n) is 5.22. The fourth-order valence-corrected chi connectivity index (χ4v) is 3.53. The quantitative estimate of drug-likeness (QED) is 0.429. The van der Waals surface area contributed by atoms with Gasteiger partial charge in [-0.15, -0.1) is 0 Å². The van der Waals surface area contributed by atoms with E-state index in [1.807, 2.05) is 24.3 Å². The molecular formula is C23H38N2O3. The molecular weight excluding hydrogens is 352 g/mol. The Hall–Kier alpha value is -1.75. The predicted octanol–water partition coefficient (Wildman–Crippen LogP) is 5.85. The maximum atomic E-state index is 12.1. The summed E-state index contributed by atoms with van der Waals surface area (Å²) in [5.74, 6) is 0.710. The average molecular weight is 391 g/mol. The molecule has 1 fully saturated rings. The second-order valence-electron chi connectivity index (χ2n) is 7.63. The number of nitrogens with zero attached hydrogens (tertiary/aromatic N) is 1. The SMILES string of the molecule is CCCCCCCCCOc1ccccc1NC(=O)OCCN1CCCCC1. The highest BCUT2D eigenvalue weighted by atomic mass is 16.5. The van der Waals surface area contributed by atoms with Crippen LogP contribution in [0.15, 0.2) is 24.3 Å². The molecule has 1 N–H and O–H groups in total. The number of benzene rings is 1. The summed E-state index contributed by atoms with van der Waals surface area (Å²) in [5.41, 5.74) is 0.674. The molecule has 0 unspecified atom stereocenters. The van der Waals surface area contributed by atoms with Gasteiger partial charge in [0, 0.05) is 6.54 Å². The van der Waals surface area contributed by atoms with Crippen LogP contribution < -0.4 is 10.1 Å². The number of piperidine rings is 1. The summed E-state index contributed by atoms with van der Waals surface area (Å²) in [6.45, 7) is 6.37. The molecule has 1 aliphatic heterocycles. The number of likely N-dealkylation sites (tertiary alicyclic amines) is 1. The predicted molar refractivity (Wildman–Crippen MR) is 115 cm³/mol. The van der Waals surface area contributed by atoms with Crippen molar-refractivity contribution in [2.45, 2.75) is 71.1 Å². The van der Waals surface area contributed by atoms with E-state index in [0.717, 1.165) is 26.1 Å². The molecule has 1 aromatic carbocycles. The number of rotatable bonds is 13.